The summed E-state index contributed by atoms with van der Waals surface area (Å²) < 4.78 is 2.88. The lowest BCUT2D eigenvalue weighted by atomic mass is 10.0. The molecule has 0 aliphatic carbocycles. The van der Waals surface area contributed by atoms with Crippen LogP contribution < -0.4 is 5.73 Å². The minimum Gasteiger partial charge on any atom is -0.324 e. The van der Waals surface area contributed by atoms with Crippen LogP contribution in [0.4, 0.5) is 0 Å². The number of halogens is 2. The van der Waals surface area contributed by atoms with Crippen LogP contribution in [0.15, 0.2) is 29.0 Å². The zero-order valence-electron chi connectivity index (χ0n) is 11.6. The smallest absolute Gasteiger partial charge is 0.138 e. The molecule has 0 saturated carbocycles. The van der Waals surface area contributed by atoms with Gasteiger partial charge in [0.2, 0.25) is 0 Å². The van der Waals surface area contributed by atoms with Gasteiger partial charge in [-0.3, -0.25) is 0 Å². The second-order valence-electron chi connectivity index (χ2n) is 5.23. The van der Waals surface area contributed by atoms with E-state index in [-0.39, 0.29) is 6.04 Å². The van der Waals surface area contributed by atoms with Gasteiger partial charge in [-0.2, -0.15) is 5.10 Å². The first-order valence-corrected chi connectivity index (χ1v) is 7.71. The Kier molecular flexibility index (Phi) is 5.18. The van der Waals surface area contributed by atoms with Gasteiger partial charge in [-0.05, 0) is 29.7 Å². The maximum absolute atomic E-state index is 6.29. The Morgan fingerprint density at radius 1 is 1.40 bits per heavy atom. The molecule has 0 bridgehead atoms. The van der Waals surface area contributed by atoms with Crippen LogP contribution in [0.3, 0.4) is 0 Å². The van der Waals surface area contributed by atoms with E-state index in [9.17, 15) is 0 Å². The first-order valence-electron chi connectivity index (χ1n) is 6.54. The molecule has 0 spiro atoms. The summed E-state index contributed by atoms with van der Waals surface area (Å²) in [5.74, 6) is 1.42. The number of hydrogen-bond acceptors (Lipinski definition) is 3. The van der Waals surface area contributed by atoms with Gasteiger partial charge in [0.25, 0.3) is 0 Å². The zero-order valence-corrected chi connectivity index (χ0v) is 13.9. The molecule has 0 aliphatic rings. The van der Waals surface area contributed by atoms with Crippen LogP contribution >= 0.6 is 27.5 Å². The highest BCUT2D eigenvalue weighted by atomic mass is 79.9. The molecule has 0 radical (unpaired) electrons. The highest BCUT2D eigenvalue weighted by molar-refractivity contribution is 9.10. The molecule has 108 valence electrons. The maximum atomic E-state index is 6.29. The third kappa shape index (κ3) is 3.81. The Labute approximate surface area is 132 Å². The van der Waals surface area contributed by atoms with Crippen molar-refractivity contribution in [3.63, 3.8) is 0 Å². The molecule has 2 N–H and O–H groups in total. The fourth-order valence-electron chi connectivity index (χ4n) is 2.05. The molecule has 0 fully saturated rings. The van der Waals surface area contributed by atoms with Gasteiger partial charge in [0, 0.05) is 28.5 Å². The maximum Gasteiger partial charge on any atom is 0.138 e. The number of nitrogens with two attached hydrogens (primary N) is 1. The van der Waals surface area contributed by atoms with Crippen molar-refractivity contribution >= 4 is 27.5 Å². The van der Waals surface area contributed by atoms with Gasteiger partial charge in [0.05, 0.1) is 0 Å². The van der Waals surface area contributed by atoms with E-state index in [1.54, 1.807) is 6.33 Å². The molecule has 1 aromatic heterocycles. The number of nitrogens with zero attached hydrogens (tertiary/aromatic N) is 3. The van der Waals surface area contributed by atoms with Gasteiger partial charge in [-0.1, -0.05) is 41.4 Å². The molecule has 20 heavy (non-hydrogen) atoms. The van der Waals surface area contributed by atoms with Crippen molar-refractivity contribution in [2.45, 2.75) is 32.9 Å². The third-order valence-corrected chi connectivity index (χ3v) is 3.95. The topological polar surface area (TPSA) is 56.7 Å². The van der Waals surface area contributed by atoms with E-state index in [1.807, 2.05) is 22.9 Å². The molecular formula is C14H18BrClN4. The summed E-state index contributed by atoms with van der Waals surface area (Å²) >= 11 is 9.55. The van der Waals surface area contributed by atoms with Gasteiger partial charge in [0.1, 0.15) is 12.2 Å². The van der Waals surface area contributed by atoms with Crippen LogP contribution in [0.2, 0.25) is 5.02 Å². The van der Waals surface area contributed by atoms with E-state index in [4.69, 9.17) is 17.3 Å². The zero-order chi connectivity index (χ0) is 14.7. The summed E-state index contributed by atoms with van der Waals surface area (Å²) in [6, 6.07) is 5.47. The number of hydrogen-bond donors (Lipinski definition) is 1. The molecule has 1 atom stereocenters. The monoisotopic (exact) mass is 356 g/mol. The van der Waals surface area contributed by atoms with Crippen LogP contribution in [0.1, 0.15) is 31.3 Å². The lowest BCUT2D eigenvalue weighted by Gasteiger charge is -2.15. The Bertz CT molecular complexity index is 582. The van der Waals surface area contributed by atoms with E-state index in [0.29, 0.717) is 17.4 Å². The quantitative estimate of drug-likeness (QED) is 0.889. The summed E-state index contributed by atoms with van der Waals surface area (Å²) in [6.07, 6.45) is 2.21. The largest absolute Gasteiger partial charge is 0.324 e. The van der Waals surface area contributed by atoms with Gasteiger partial charge in [-0.25, -0.2) is 9.67 Å². The first-order chi connectivity index (χ1) is 9.47. The lowest BCUT2D eigenvalue weighted by molar-refractivity contribution is 0.459. The van der Waals surface area contributed by atoms with Gasteiger partial charge in [-0.15, -0.1) is 0 Å². The second kappa shape index (κ2) is 6.70. The van der Waals surface area contributed by atoms with E-state index >= 15 is 0 Å². The van der Waals surface area contributed by atoms with E-state index in [0.717, 1.165) is 22.4 Å². The van der Waals surface area contributed by atoms with Crippen LogP contribution in [0, 0.1) is 5.92 Å². The summed E-state index contributed by atoms with van der Waals surface area (Å²) in [7, 11) is 0. The molecule has 4 nitrogen and oxygen atoms in total. The Balaban J connectivity index is 2.17. The molecule has 0 aliphatic heterocycles. The van der Waals surface area contributed by atoms with Crippen LogP contribution in [0.25, 0.3) is 0 Å². The van der Waals surface area contributed by atoms with E-state index in [2.05, 4.69) is 39.9 Å². The van der Waals surface area contributed by atoms with Crippen molar-refractivity contribution in [3.8, 4) is 0 Å². The minimum absolute atomic E-state index is 0.168. The van der Waals surface area contributed by atoms with Crippen LogP contribution in [-0.2, 0) is 13.0 Å². The van der Waals surface area contributed by atoms with E-state index in [1.165, 1.54) is 0 Å². The summed E-state index contributed by atoms with van der Waals surface area (Å²) in [6.45, 7) is 5.15. The van der Waals surface area contributed by atoms with Crippen molar-refractivity contribution in [3.05, 3.63) is 45.4 Å². The molecule has 1 aromatic carbocycles. The predicted molar refractivity (Wildman–Crippen MR) is 84.6 cm³/mol. The molecule has 1 unspecified atom stereocenters. The molecule has 2 rings (SSSR count). The standard InChI is InChI=1S/C14H18BrClN4/c1-9(2)7-20-14(18-8-19-20)6-13(17)11-5-10(16)3-4-12(11)15/h3-5,8-9,13H,6-7,17H2,1-2H3. The molecule has 0 amide bonds. The summed E-state index contributed by atoms with van der Waals surface area (Å²) in [5, 5.41) is 4.94. The average Bonchev–Trinajstić information content (AvgIpc) is 2.78. The van der Waals surface area contributed by atoms with Crippen molar-refractivity contribution in [2.24, 2.45) is 11.7 Å². The third-order valence-electron chi connectivity index (χ3n) is 2.99. The van der Waals surface area contributed by atoms with Crippen molar-refractivity contribution in [2.75, 3.05) is 0 Å². The van der Waals surface area contributed by atoms with E-state index < -0.39 is 0 Å². The van der Waals surface area contributed by atoms with Gasteiger partial charge >= 0.3 is 0 Å². The van der Waals surface area contributed by atoms with Gasteiger partial charge in [0.15, 0.2) is 0 Å². The molecular weight excluding hydrogens is 340 g/mol. The first kappa shape index (κ1) is 15.5. The molecule has 2 aromatic rings. The highest BCUT2D eigenvalue weighted by Crippen LogP contribution is 2.27. The van der Waals surface area contributed by atoms with Crippen LogP contribution in [-0.4, -0.2) is 14.8 Å². The normalized spacial score (nSPS) is 12.9. The van der Waals surface area contributed by atoms with Crippen molar-refractivity contribution < 1.29 is 0 Å². The Morgan fingerprint density at radius 2 is 2.15 bits per heavy atom. The number of benzene rings is 1. The molecule has 1 heterocycles. The fourth-order valence-corrected chi connectivity index (χ4v) is 2.77. The minimum atomic E-state index is -0.168. The average molecular weight is 358 g/mol. The lowest BCUT2D eigenvalue weighted by Crippen LogP contribution is -2.18. The second-order valence-corrected chi connectivity index (χ2v) is 6.52. The Morgan fingerprint density at radius 3 is 2.85 bits per heavy atom. The van der Waals surface area contributed by atoms with Crippen molar-refractivity contribution in [1.29, 1.82) is 0 Å². The van der Waals surface area contributed by atoms with Crippen LogP contribution in [0.5, 0.6) is 0 Å². The highest BCUT2D eigenvalue weighted by Gasteiger charge is 2.15. The number of rotatable bonds is 5. The van der Waals surface area contributed by atoms with Crippen molar-refractivity contribution in [1.82, 2.24) is 14.8 Å². The number of aromatic nitrogens is 3. The summed E-state index contributed by atoms with van der Waals surface area (Å²) in [5.41, 5.74) is 7.27. The predicted octanol–water partition coefficient (Wildman–Crippen LogP) is 3.59. The summed E-state index contributed by atoms with van der Waals surface area (Å²) in [4.78, 5) is 4.31. The molecule has 0 saturated heterocycles. The fraction of sp³-hybridized carbons (Fsp3) is 0.429. The van der Waals surface area contributed by atoms with Gasteiger partial charge < -0.3 is 5.73 Å². The SMILES string of the molecule is CC(C)Cn1ncnc1CC(N)c1cc(Cl)ccc1Br. The Hall–Kier alpha value is -0.910. The molecule has 6 heteroatoms.